The van der Waals surface area contributed by atoms with Gasteiger partial charge in [0.25, 0.3) is 0 Å². The highest BCUT2D eigenvalue weighted by atomic mass is 19.4. The molecule has 4 rings (SSSR count). The van der Waals surface area contributed by atoms with Crippen LogP contribution in [0.4, 0.5) is 13.2 Å². The first-order valence-electron chi connectivity index (χ1n) is 10.0. The Morgan fingerprint density at radius 1 is 1.00 bits per heavy atom. The summed E-state index contributed by atoms with van der Waals surface area (Å²) in [7, 11) is 0. The lowest BCUT2D eigenvalue weighted by Gasteiger charge is -2.13. The minimum absolute atomic E-state index is 0.0177. The van der Waals surface area contributed by atoms with E-state index in [2.05, 4.69) is 15.0 Å². The van der Waals surface area contributed by atoms with Crippen molar-refractivity contribution in [2.24, 2.45) is 0 Å². The number of rotatable bonds is 6. The molecule has 5 nitrogen and oxygen atoms in total. The van der Waals surface area contributed by atoms with Gasteiger partial charge < -0.3 is 15.2 Å². The Morgan fingerprint density at radius 3 is 2.52 bits per heavy atom. The molecule has 8 heteroatoms. The maximum absolute atomic E-state index is 12.4. The van der Waals surface area contributed by atoms with Crippen molar-refractivity contribution in [3.63, 3.8) is 0 Å². The van der Waals surface area contributed by atoms with Gasteiger partial charge in [-0.05, 0) is 58.0 Å². The van der Waals surface area contributed by atoms with Crippen molar-refractivity contribution in [3.05, 3.63) is 90.3 Å². The van der Waals surface area contributed by atoms with Gasteiger partial charge in [0.15, 0.2) is 0 Å². The molecule has 1 aromatic heterocycles. The van der Waals surface area contributed by atoms with Gasteiger partial charge in [-0.25, -0.2) is 0 Å². The molecule has 0 aliphatic carbocycles. The first kappa shape index (κ1) is 22.1. The molecule has 0 aliphatic rings. The second-order valence-corrected chi connectivity index (χ2v) is 7.39. The molecule has 0 atom stereocenters. The van der Waals surface area contributed by atoms with Gasteiger partial charge in [0, 0.05) is 24.3 Å². The van der Waals surface area contributed by atoms with E-state index in [1.807, 2.05) is 24.3 Å². The molecule has 0 radical (unpaired) electrons. The Bertz CT molecular complexity index is 1290. The van der Waals surface area contributed by atoms with Gasteiger partial charge in [-0.15, -0.1) is 13.2 Å². The van der Waals surface area contributed by atoms with Crippen LogP contribution in [-0.2, 0) is 17.8 Å². The second-order valence-electron chi connectivity index (χ2n) is 7.39. The lowest BCUT2D eigenvalue weighted by atomic mass is 9.96. The fourth-order valence-corrected chi connectivity index (χ4v) is 3.58. The standard InChI is InChI=1S/C25H19F3N2O3/c26-25(27,28)33-20-7-4-16(5-8-20)12-24(32)30-14-18-6-9-21(17-2-1-3-19(31)13-17)22-10-11-29-15-23(18)22/h1-11,13,15,31H,12,14H2,(H,30,32). The molecule has 33 heavy (non-hydrogen) atoms. The first-order valence-corrected chi connectivity index (χ1v) is 10.0. The van der Waals surface area contributed by atoms with Crippen LogP contribution in [0, 0.1) is 0 Å². The van der Waals surface area contributed by atoms with E-state index in [0.717, 1.165) is 27.5 Å². The predicted molar refractivity (Wildman–Crippen MR) is 118 cm³/mol. The number of ether oxygens (including phenoxy) is 1. The monoisotopic (exact) mass is 452 g/mol. The molecule has 0 bridgehead atoms. The summed E-state index contributed by atoms with van der Waals surface area (Å²) in [5.74, 6) is -0.435. The van der Waals surface area contributed by atoms with Crippen molar-refractivity contribution in [2.75, 3.05) is 0 Å². The van der Waals surface area contributed by atoms with Crippen LogP contribution in [0.1, 0.15) is 11.1 Å². The Morgan fingerprint density at radius 2 is 1.79 bits per heavy atom. The summed E-state index contributed by atoms with van der Waals surface area (Å²) in [6.45, 7) is 0.261. The Hall–Kier alpha value is -4.07. The number of aromatic nitrogens is 1. The number of amides is 1. The molecule has 0 saturated carbocycles. The number of phenolic OH excluding ortho intramolecular Hbond substituents is 1. The molecule has 0 unspecified atom stereocenters. The maximum Gasteiger partial charge on any atom is 0.573 e. The van der Waals surface area contributed by atoms with Crippen LogP contribution in [0.15, 0.2) is 79.1 Å². The normalized spacial score (nSPS) is 11.4. The molecule has 0 fully saturated rings. The number of nitrogens with zero attached hydrogens (tertiary/aromatic N) is 1. The highest BCUT2D eigenvalue weighted by Gasteiger charge is 2.30. The molecular weight excluding hydrogens is 433 g/mol. The largest absolute Gasteiger partial charge is 0.573 e. The van der Waals surface area contributed by atoms with E-state index in [4.69, 9.17) is 0 Å². The van der Waals surface area contributed by atoms with Crippen molar-refractivity contribution in [3.8, 4) is 22.6 Å². The van der Waals surface area contributed by atoms with Crippen LogP contribution < -0.4 is 10.1 Å². The van der Waals surface area contributed by atoms with Crippen LogP contribution in [0.3, 0.4) is 0 Å². The zero-order valence-electron chi connectivity index (χ0n) is 17.3. The third-order valence-electron chi connectivity index (χ3n) is 5.06. The Balaban J connectivity index is 1.46. The van der Waals surface area contributed by atoms with E-state index in [9.17, 15) is 23.1 Å². The quantitative estimate of drug-likeness (QED) is 0.413. The van der Waals surface area contributed by atoms with E-state index in [-0.39, 0.29) is 30.4 Å². The summed E-state index contributed by atoms with van der Waals surface area (Å²) >= 11 is 0. The van der Waals surface area contributed by atoms with E-state index in [1.54, 1.807) is 30.6 Å². The summed E-state index contributed by atoms with van der Waals surface area (Å²) < 4.78 is 40.6. The van der Waals surface area contributed by atoms with E-state index < -0.39 is 6.36 Å². The SMILES string of the molecule is O=C(Cc1ccc(OC(F)(F)F)cc1)NCc1ccc(-c2cccc(O)c2)c2ccncc12. The zero-order valence-corrected chi connectivity index (χ0v) is 17.3. The van der Waals surface area contributed by atoms with Crippen LogP contribution in [-0.4, -0.2) is 22.4 Å². The number of carbonyl (C=O) groups is 1. The predicted octanol–water partition coefficient (Wildman–Crippen LogP) is 5.36. The molecule has 2 N–H and O–H groups in total. The molecular formula is C25H19F3N2O3. The minimum Gasteiger partial charge on any atom is -0.508 e. The van der Waals surface area contributed by atoms with Gasteiger partial charge in [0.05, 0.1) is 6.42 Å². The van der Waals surface area contributed by atoms with Gasteiger partial charge in [-0.1, -0.05) is 36.4 Å². The van der Waals surface area contributed by atoms with E-state index in [0.29, 0.717) is 5.56 Å². The van der Waals surface area contributed by atoms with Crippen LogP contribution >= 0.6 is 0 Å². The highest BCUT2D eigenvalue weighted by Crippen LogP contribution is 2.32. The summed E-state index contributed by atoms with van der Waals surface area (Å²) in [5.41, 5.74) is 3.22. The number of nitrogens with one attached hydrogen (secondary N) is 1. The number of hydrogen-bond donors (Lipinski definition) is 2. The molecule has 1 amide bonds. The van der Waals surface area contributed by atoms with Gasteiger partial charge in [-0.3, -0.25) is 9.78 Å². The highest BCUT2D eigenvalue weighted by molar-refractivity contribution is 5.98. The summed E-state index contributed by atoms with van der Waals surface area (Å²) in [6.07, 6.45) is -1.33. The maximum atomic E-state index is 12.4. The lowest BCUT2D eigenvalue weighted by molar-refractivity contribution is -0.274. The number of hydrogen-bond acceptors (Lipinski definition) is 4. The Labute approximate surface area is 187 Å². The lowest BCUT2D eigenvalue weighted by Crippen LogP contribution is -2.24. The third-order valence-corrected chi connectivity index (χ3v) is 5.06. The Kier molecular flexibility index (Phi) is 6.17. The summed E-state index contributed by atoms with van der Waals surface area (Å²) in [5, 5.41) is 14.5. The fourth-order valence-electron chi connectivity index (χ4n) is 3.58. The summed E-state index contributed by atoms with van der Waals surface area (Å²) in [6, 6.07) is 17.9. The molecule has 168 valence electrons. The van der Waals surface area contributed by atoms with Crippen molar-refractivity contribution in [1.82, 2.24) is 10.3 Å². The molecule has 0 saturated heterocycles. The van der Waals surface area contributed by atoms with Crippen LogP contribution in [0.5, 0.6) is 11.5 Å². The van der Waals surface area contributed by atoms with Gasteiger partial charge in [0.2, 0.25) is 5.91 Å². The number of pyridine rings is 1. The molecule has 3 aromatic carbocycles. The van der Waals surface area contributed by atoms with E-state index in [1.165, 1.54) is 24.3 Å². The van der Waals surface area contributed by atoms with Crippen molar-refractivity contribution in [1.29, 1.82) is 0 Å². The number of halogens is 3. The smallest absolute Gasteiger partial charge is 0.508 e. The number of phenols is 1. The van der Waals surface area contributed by atoms with Crippen LogP contribution in [0.25, 0.3) is 21.9 Å². The van der Waals surface area contributed by atoms with Crippen molar-refractivity contribution < 1.29 is 27.8 Å². The van der Waals surface area contributed by atoms with Gasteiger partial charge in [0.1, 0.15) is 11.5 Å². The van der Waals surface area contributed by atoms with Gasteiger partial charge in [-0.2, -0.15) is 0 Å². The average Bonchev–Trinajstić information content (AvgIpc) is 2.78. The fraction of sp³-hybridized carbons (Fsp3) is 0.120. The molecule has 0 aliphatic heterocycles. The van der Waals surface area contributed by atoms with Crippen LogP contribution in [0.2, 0.25) is 0 Å². The minimum atomic E-state index is -4.76. The van der Waals surface area contributed by atoms with E-state index >= 15 is 0 Å². The number of alkyl halides is 3. The second kappa shape index (κ2) is 9.20. The number of aromatic hydroxyl groups is 1. The first-order chi connectivity index (χ1) is 15.8. The topological polar surface area (TPSA) is 71.5 Å². The number of benzene rings is 3. The third kappa shape index (κ3) is 5.60. The summed E-state index contributed by atoms with van der Waals surface area (Å²) in [4.78, 5) is 16.6. The number of fused-ring (bicyclic) bond motifs is 1. The van der Waals surface area contributed by atoms with Crippen molar-refractivity contribution >= 4 is 16.7 Å². The van der Waals surface area contributed by atoms with Crippen molar-refractivity contribution in [2.45, 2.75) is 19.3 Å². The molecule has 0 spiro atoms. The average molecular weight is 452 g/mol. The number of carbonyl (C=O) groups excluding carboxylic acids is 1. The molecule has 1 heterocycles. The van der Waals surface area contributed by atoms with Gasteiger partial charge >= 0.3 is 6.36 Å². The molecule has 4 aromatic rings. The zero-order chi connectivity index (χ0) is 23.4.